The van der Waals surface area contributed by atoms with Crippen molar-refractivity contribution in [3.63, 3.8) is 0 Å². The minimum absolute atomic E-state index is 0.755. The van der Waals surface area contributed by atoms with Crippen LogP contribution in [0.4, 0.5) is 0 Å². The van der Waals surface area contributed by atoms with Gasteiger partial charge in [0.2, 0.25) is 0 Å². The number of aryl methyl sites for hydroxylation is 1. The van der Waals surface area contributed by atoms with Crippen LogP contribution < -0.4 is 10.9 Å². The SMILES string of the molecule is CCC/C=C\c1cc(/C=N/NC(N/N=C/c2ccc3[nH]ccc3c2)=C(C)C)ccc1C. The molecule has 2 aromatic carbocycles. The molecule has 0 fully saturated rings. The highest BCUT2D eigenvalue weighted by atomic mass is 15.4. The fourth-order valence-electron chi connectivity index (χ4n) is 3.04. The lowest BCUT2D eigenvalue weighted by atomic mass is 10.0. The molecule has 3 N–H and O–H groups in total. The lowest BCUT2D eigenvalue weighted by Gasteiger charge is -2.08. The number of hydrogen-bond donors (Lipinski definition) is 3. The molecular formula is C26H31N5. The molecule has 0 unspecified atom stereocenters. The van der Waals surface area contributed by atoms with Gasteiger partial charge in [0.1, 0.15) is 5.82 Å². The van der Waals surface area contributed by atoms with Gasteiger partial charge in [-0.05, 0) is 84.7 Å². The summed E-state index contributed by atoms with van der Waals surface area (Å²) < 4.78 is 0. The van der Waals surface area contributed by atoms with Crippen molar-refractivity contribution in [1.82, 2.24) is 15.8 Å². The van der Waals surface area contributed by atoms with Gasteiger partial charge in [-0.2, -0.15) is 10.2 Å². The number of benzene rings is 2. The Bertz CT molecular complexity index is 1130. The van der Waals surface area contributed by atoms with E-state index in [1.807, 2.05) is 44.5 Å². The van der Waals surface area contributed by atoms with E-state index >= 15 is 0 Å². The van der Waals surface area contributed by atoms with Crippen LogP contribution in [0, 0.1) is 6.92 Å². The molecule has 31 heavy (non-hydrogen) atoms. The quantitative estimate of drug-likeness (QED) is 0.294. The van der Waals surface area contributed by atoms with Gasteiger partial charge in [-0.25, -0.2) is 0 Å². The van der Waals surface area contributed by atoms with Crippen LogP contribution >= 0.6 is 0 Å². The smallest absolute Gasteiger partial charge is 0.138 e. The second-order valence-corrected chi connectivity index (χ2v) is 7.75. The van der Waals surface area contributed by atoms with Crippen LogP contribution in [0.3, 0.4) is 0 Å². The van der Waals surface area contributed by atoms with Crippen molar-refractivity contribution in [3.8, 4) is 0 Å². The molecule has 0 spiro atoms. The first-order valence-electron chi connectivity index (χ1n) is 10.7. The fraction of sp³-hybridized carbons (Fsp3) is 0.231. The Hall–Kier alpha value is -3.60. The highest BCUT2D eigenvalue weighted by Crippen LogP contribution is 2.14. The standard InChI is InChI=1S/C26H31N5/c1-5-6-7-8-23-15-21(10-9-20(23)4)17-28-30-26(19(2)3)31-29-18-22-11-12-25-24(16-22)13-14-27-25/h7-18,27,30-31H,5-6H2,1-4H3/b8-7-,28-17+,29-18+. The molecular weight excluding hydrogens is 382 g/mol. The monoisotopic (exact) mass is 413 g/mol. The first-order chi connectivity index (χ1) is 15.1. The second-order valence-electron chi connectivity index (χ2n) is 7.75. The Morgan fingerprint density at radius 1 is 0.968 bits per heavy atom. The number of hydrazone groups is 2. The summed E-state index contributed by atoms with van der Waals surface area (Å²) in [4.78, 5) is 3.19. The Morgan fingerprint density at radius 2 is 1.68 bits per heavy atom. The van der Waals surface area contributed by atoms with Crippen molar-refractivity contribution >= 4 is 29.4 Å². The molecule has 0 atom stereocenters. The highest BCUT2D eigenvalue weighted by Gasteiger charge is 1.99. The number of allylic oxidation sites excluding steroid dienone is 2. The Balaban J connectivity index is 1.62. The molecule has 5 heteroatoms. The van der Waals surface area contributed by atoms with Gasteiger partial charge < -0.3 is 4.98 Å². The molecule has 0 aliphatic heterocycles. The van der Waals surface area contributed by atoms with Crippen LogP contribution in [0.15, 0.2) is 76.3 Å². The molecule has 160 valence electrons. The summed E-state index contributed by atoms with van der Waals surface area (Å²) in [6, 6.07) is 14.6. The number of H-pyrrole nitrogens is 1. The molecule has 0 saturated carbocycles. The number of nitrogens with zero attached hydrogens (tertiary/aromatic N) is 2. The molecule has 3 aromatic rings. The summed E-state index contributed by atoms with van der Waals surface area (Å²) in [5.41, 5.74) is 12.9. The maximum Gasteiger partial charge on any atom is 0.138 e. The fourth-order valence-corrected chi connectivity index (χ4v) is 3.04. The third-order valence-corrected chi connectivity index (χ3v) is 4.91. The Morgan fingerprint density at radius 3 is 2.39 bits per heavy atom. The van der Waals surface area contributed by atoms with Gasteiger partial charge in [-0.15, -0.1) is 0 Å². The molecule has 5 nitrogen and oxygen atoms in total. The van der Waals surface area contributed by atoms with Gasteiger partial charge in [-0.3, -0.25) is 10.9 Å². The summed E-state index contributed by atoms with van der Waals surface area (Å²) in [6.07, 6.45) is 12.2. The average molecular weight is 414 g/mol. The van der Waals surface area contributed by atoms with Crippen LogP contribution in [-0.2, 0) is 0 Å². The van der Waals surface area contributed by atoms with Gasteiger partial charge >= 0.3 is 0 Å². The maximum atomic E-state index is 4.39. The van der Waals surface area contributed by atoms with Gasteiger partial charge in [0.25, 0.3) is 0 Å². The van der Waals surface area contributed by atoms with Crippen LogP contribution in [0.2, 0.25) is 0 Å². The molecule has 0 aliphatic carbocycles. The highest BCUT2D eigenvalue weighted by molar-refractivity contribution is 5.88. The lowest BCUT2D eigenvalue weighted by molar-refractivity contribution is 0.730. The number of fused-ring (bicyclic) bond motifs is 1. The normalized spacial score (nSPS) is 11.7. The topological polar surface area (TPSA) is 64.6 Å². The maximum absolute atomic E-state index is 4.39. The third kappa shape index (κ3) is 6.44. The van der Waals surface area contributed by atoms with Gasteiger partial charge in [-0.1, -0.05) is 43.7 Å². The zero-order valence-electron chi connectivity index (χ0n) is 18.7. The van der Waals surface area contributed by atoms with Crippen LogP contribution in [0.25, 0.3) is 17.0 Å². The molecule has 0 saturated heterocycles. The Labute approximate surface area is 184 Å². The van der Waals surface area contributed by atoms with Crippen molar-refractivity contribution in [1.29, 1.82) is 0 Å². The number of aromatic nitrogens is 1. The van der Waals surface area contributed by atoms with Crippen molar-refractivity contribution < 1.29 is 0 Å². The predicted octanol–water partition coefficient (Wildman–Crippen LogP) is 6.09. The van der Waals surface area contributed by atoms with Gasteiger partial charge in [0.15, 0.2) is 0 Å². The van der Waals surface area contributed by atoms with E-state index in [1.165, 1.54) is 11.1 Å². The average Bonchev–Trinajstić information content (AvgIpc) is 3.22. The Kier molecular flexibility index (Phi) is 7.82. The third-order valence-electron chi connectivity index (χ3n) is 4.91. The molecule has 0 amide bonds. The number of rotatable bonds is 9. The number of hydrogen-bond acceptors (Lipinski definition) is 4. The van der Waals surface area contributed by atoms with Crippen LogP contribution in [-0.4, -0.2) is 17.4 Å². The molecule has 1 aromatic heterocycles. The van der Waals surface area contributed by atoms with Crippen molar-refractivity contribution in [2.75, 3.05) is 0 Å². The first kappa shape index (κ1) is 22.1. The van der Waals surface area contributed by atoms with E-state index in [2.05, 4.69) is 76.3 Å². The zero-order chi connectivity index (χ0) is 22.1. The molecule has 0 aliphatic rings. The minimum atomic E-state index is 0.755. The van der Waals surface area contributed by atoms with Crippen molar-refractivity contribution in [2.45, 2.75) is 40.5 Å². The van der Waals surface area contributed by atoms with Gasteiger partial charge in [0, 0.05) is 11.7 Å². The van der Waals surface area contributed by atoms with Crippen molar-refractivity contribution in [3.05, 3.63) is 88.4 Å². The second kappa shape index (κ2) is 11.0. The predicted molar refractivity (Wildman–Crippen MR) is 133 cm³/mol. The number of aromatic amines is 1. The number of nitrogens with one attached hydrogen (secondary N) is 3. The summed E-state index contributed by atoms with van der Waals surface area (Å²) in [7, 11) is 0. The van der Waals surface area contributed by atoms with E-state index in [4.69, 9.17) is 0 Å². The number of unbranched alkanes of at least 4 members (excludes halogenated alkanes) is 1. The summed E-state index contributed by atoms with van der Waals surface area (Å²) in [5, 5.41) is 9.91. The largest absolute Gasteiger partial charge is 0.361 e. The summed E-state index contributed by atoms with van der Waals surface area (Å²) in [6.45, 7) is 8.33. The lowest BCUT2D eigenvalue weighted by Crippen LogP contribution is -2.20. The van der Waals surface area contributed by atoms with E-state index in [1.54, 1.807) is 6.21 Å². The van der Waals surface area contributed by atoms with Gasteiger partial charge in [0.05, 0.1) is 12.4 Å². The molecule has 1 heterocycles. The molecule has 0 bridgehead atoms. The summed E-state index contributed by atoms with van der Waals surface area (Å²) in [5.74, 6) is 0.755. The van der Waals surface area contributed by atoms with E-state index in [9.17, 15) is 0 Å². The first-order valence-corrected chi connectivity index (χ1v) is 10.7. The van der Waals surface area contributed by atoms with E-state index < -0.39 is 0 Å². The molecule has 0 radical (unpaired) electrons. The zero-order valence-corrected chi connectivity index (χ0v) is 18.7. The van der Waals surface area contributed by atoms with E-state index in [0.717, 1.165) is 46.3 Å². The van der Waals surface area contributed by atoms with Crippen LogP contribution in [0.5, 0.6) is 0 Å². The summed E-state index contributed by atoms with van der Waals surface area (Å²) >= 11 is 0. The van der Waals surface area contributed by atoms with E-state index in [0.29, 0.717) is 0 Å². The minimum Gasteiger partial charge on any atom is -0.361 e. The van der Waals surface area contributed by atoms with E-state index in [-0.39, 0.29) is 0 Å². The van der Waals surface area contributed by atoms with Crippen LogP contribution in [0.1, 0.15) is 55.9 Å². The van der Waals surface area contributed by atoms with Crippen molar-refractivity contribution in [2.24, 2.45) is 10.2 Å². The molecule has 3 rings (SSSR count).